The maximum atomic E-state index is 14.4. The standard InChI is InChI=1S/C46H51ClN10O7S/c1-10-11-32(53-52-30-18-35(62-7)42(64-9)36(19-30)63-8)31-23-56(34-16-17-37(58)50-44(34)60)45(61)41(31)55(6)22-24(2)21-48-38(59)20-33-43-54-51-27(5)57(43)46-39(25(3)26(4)65-46)40(49-33)28-12-14-29(47)15-13-28/h10-15,18-19,24,33-34H,1,16-17,20-23H2,2-9H3,(H,48,59)(H,50,58,60)/b32-11+,53-52-/t24?,33-,34?/m0/s1. The van der Waals surface area contributed by atoms with Crippen LogP contribution in [0.2, 0.25) is 5.02 Å². The Bertz CT molecular complexity index is 2660. The Balaban J connectivity index is 1.13. The van der Waals surface area contributed by atoms with E-state index in [9.17, 15) is 19.2 Å². The highest BCUT2D eigenvalue weighted by atomic mass is 35.5. The van der Waals surface area contributed by atoms with Crippen LogP contribution < -0.4 is 24.8 Å². The van der Waals surface area contributed by atoms with Gasteiger partial charge >= 0.3 is 0 Å². The number of aliphatic imine (C=N–C) groups is 1. The number of aryl methyl sites for hydroxylation is 2. The molecule has 0 aliphatic carbocycles. The summed E-state index contributed by atoms with van der Waals surface area (Å²) in [6.45, 7) is 12.5. The number of benzene rings is 2. The number of carbonyl (C=O) groups excluding carboxylic acids is 4. The second-order valence-corrected chi connectivity index (χ2v) is 17.6. The first-order valence-electron chi connectivity index (χ1n) is 20.9. The fraction of sp³-hybridized carbons (Fsp3) is 0.370. The van der Waals surface area contributed by atoms with Crippen molar-refractivity contribution in [1.82, 2.24) is 35.2 Å². The molecule has 0 bridgehead atoms. The van der Waals surface area contributed by atoms with Crippen molar-refractivity contribution in [3.8, 4) is 22.2 Å². The molecule has 7 rings (SSSR count). The summed E-state index contributed by atoms with van der Waals surface area (Å²) in [6, 6.07) is 9.26. The third-order valence-corrected chi connectivity index (χ3v) is 13.0. The fourth-order valence-corrected chi connectivity index (χ4v) is 9.58. The molecule has 17 nitrogen and oxygen atoms in total. The quantitative estimate of drug-likeness (QED) is 0.0698. The van der Waals surface area contributed by atoms with Crippen molar-refractivity contribution in [3.05, 3.63) is 110 Å². The number of piperidine rings is 1. The highest BCUT2D eigenvalue weighted by Gasteiger charge is 2.43. The molecule has 19 heteroatoms. The smallest absolute Gasteiger partial charge is 0.271 e. The van der Waals surface area contributed by atoms with Gasteiger partial charge in [0, 0.05) is 65.3 Å². The lowest BCUT2D eigenvalue weighted by atomic mass is 9.99. The largest absolute Gasteiger partial charge is 0.493 e. The van der Waals surface area contributed by atoms with Crippen molar-refractivity contribution in [2.45, 2.75) is 59.0 Å². The van der Waals surface area contributed by atoms with Crippen LogP contribution in [-0.4, -0.2) is 108 Å². The third-order valence-electron chi connectivity index (χ3n) is 11.5. The van der Waals surface area contributed by atoms with E-state index >= 15 is 0 Å². The number of nitrogens with one attached hydrogen (secondary N) is 2. The van der Waals surface area contributed by atoms with Crippen LogP contribution in [0.4, 0.5) is 5.69 Å². The summed E-state index contributed by atoms with van der Waals surface area (Å²) in [5.41, 5.74) is 5.18. The lowest BCUT2D eigenvalue weighted by Gasteiger charge is -2.31. The van der Waals surface area contributed by atoms with E-state index in [1.807, 2.05) is 42.7 Å². The summed E-state index contributed by atoms with van der Waals surface area (Å²) in [5, 5.41) is 25.0. The van der Waals surface area contributed by atoms with Crippen molar-refractivity contribution in [1.29, 1.82) is 0 Å². The highest BCUT2D eigenvalue weighted by molar-refractivity contribution is 7.15. The number of rotatable bonds is 16. The molecule has 3 aliphatic heterocycles. The number of imide groups is 1. The van der Waals surface area contributed by atoms with E-state index < -0.39 is 29.8 Å². The van der Waals surface area contributed by atoms with E-state index in [-0.39, 0.29) is 44.2 Å². The van der Waals surface area contributed by atoms with E-state index in [1.165, 1.54) is 32.3 Å². The van der Waals surface area contributed by atoms with Crippen LogP contribution in [0, 0.1) is 26.7 Å². The Hall–Kier alpha value is -6.66. The number of azo groups is 1. The highest BCUT2D eigenvalue weighted by Crippen LogP contribution is 2.42. The molecule has 0 saturated carbocycles. The number of allylic oxidation sites excluding steroid dienone is 2. The first-order chi connectivity index (χ1) is 31.2. The maximum Gasteiger partial charge on any atom is 0.271 e. The molecule has 5 heterocycles. The Morgan fingerprint density at radius 3 is 2.45 bits per heavy atom. The number of methoxy groups -OCH3 is 3. The number of fused-ring (bicyclic) bond motifs is 3. The first kappa shape index (κ1) is 46.3. The van der Waals surface area contributed by atoms with Gasteiger partial charge in [-0.2, -0.15) is 10.2 Å². The summed E-state index contributed by atoms with van der Waals surface area (Å²) in [5.74, 6) is 0.643. The van der Waals surface area contributed by atoms with Gasteiger partial charge in [0.1, 0.15) is 28.6 Å². The Kier molecular flexibility index (Phi) is 14.0. The van der Waals surface area contributed by atoms with E-state index in [2.05, 4.69) is 51.5 Å². The zero-order valence-electron chi connectivity index (χ0n) is 37.5. The first-order valence-corrected chi connectivity index (χ1v) is 22.1. The minimum atomic E-state index is -0.879. The molecule has 3 aliphatic rings. The van der Waals surface area contributed by atoms with E-state index in [4.69, 9.17) is 30.8 Å². The molecule has 4 aromatic rings. The van der Waals surface area contributed by atoms with Crippen LogP contribution in [0.1, 0.15) is 65.4 Å². The molecule has 1 saturated heterocycles. The van der Waals surface area contributed by atoms with Crippen molar-refractivity contribution in [2.75, 3.05) is 48.0 Å². The van der Waals surface area contributed by atoms with Gasteiger partial charge in [-0.05, 0) is 56.9 Å². The second kappa shape index (κ2) is 19.6. The number of hydrogen-bond donors (Lipinski definition) is 2. The van der Waals surface area contributed by atoms with Crippen molar-refractivity contribution >= 4 is 58.0 Å². The van der Waals surface area contributed by atoms with Gasteiger partial charge in [-0.1, -0.05) is 43.3 Å². The molecule has 1 fully saturated rings. The van der Waals surface area contributed by atoms with Gasteiger partial charge in [-0.3, -0.25) is 34.1 Å². The lowest BCUT2D eigenvalue weighted by Crippen LogP contribution is -2.53. The number of nitrogens with zero attached hydrogens (tertiary/aromatic N) is 8. The molecule has 4 amide bonds. The van der Waals surface area contributed by atoms with Gasteiger partial charge < -0.3 is 29.3 Å². The van der Waals surface area contributed by atoms with Crippen LogP contribution in [0.3, 0.4) is 0 Å². The minimum Gasteiger partial charge on any atom is -0.493 e. The average Bonchev–Trinajstić information content (AvgIpc) is 3.90. The summed E-state index contributed by atoms with van der Waals surface area (Å²) < 4.78 is 18.5. The normalized spacial score (nSPS) is 17.9. The molecule has 3 atom stereocenters. The molecular formula is C46H51ClN10O7S. The number of thiophene rings is 1. The zero-order valence-corrected chi connectivity index (χ0v) is 39.1. The second-order valence-electron chi connectivity index (χ2n) is 16.0. The van der Waals surface area contributed by atoms with E-state index in [0.717, 1.165) is 32.3 Å². The zero-order chi connectivity index (χ0) is 46.7. The van der Waals surface area contributed by atoms with Crippen LogP contribution in [0.15, 0.2) is 87.3 Å². The molecule has 0 radical (unpaired) electrons. The Labute approximate surface area is 385 Å². The van der Waals surface area contributed by atoms with Crippen LogP contribution in [0.25, 0.3) is 5.00 Å². The van der Waals surface area contributed by atoms with E-state index in [1.54, 1.807) is 41.5 Å². The van der Waals surface area contributed by atoms with Gasteiger partial charge in [-0.25, -0.2) is 0 Å². The van der Waals surface area contributed by atoms with Gasteiger partial charge in [0.2, 0.25) is 23.5 Å². The number of likely N-dealkylation sites (N-methyl/N-ethyl adjacent to an activating group) is 1. The van der Waals surface area contributed by atoms with Crippen molar-refractivity contribution in [3.63, 3.8) is 0 Å². The molecule has 340 valence electrons. The fourth-order valence-electron chi connectivity index (χ4n) is 8.24. The average molecular weight is 923 g/mol. The summed E-state index contributed by atoms with van der Waals surface area (Å²) in [6.07, 6.45) is 3.44. The van der Waals surface area contributed by atoms with Crippen LogP contribution in [0.5, 0.6) is 17.2 Å². The third kappa shape index (κ3) is 9.45. The molecule has 2 N–H and O–H groups in total. The van der Waals surface area contributed by atoms with Crippen LogP contribution >= 0.6 is 22.9 Å². The Morgan fingerprint density at radius 2 is 1.80 bits per heavy atom. The van der Waals surface area contributed by atoms with Gasteiger partial charge in [0.05, 0.1) is 51.4 Å². The summed E-state index contributed by atoms with van der Waals surface area (Å²) >= 11 is 7.92. The molecule has 0 spiro atoms. The molecule has 65 heavy (non-hydrogen) atoms. The van der Waals surface area contributed by atoms with Crippen LogP contribution in [-0.2, 0) is 19.2 Å². The monoisotopic (exact) mass is 922 g/mol. The summed E-state index contributed by atoms with van der Waals surface area (Å²) in [4.78, 5) is 63.1. The van der Waals surface area contributed by atoms with Gasteiger partial charge in [-0.15, -0.1) is 21.5 Å². The number of aromatic nitrogens is 3. The van der Waals surface area contributed by atoms with E-state index in [0.29, 0.717) is 63.1 Å². The SMILES string of the molecule is C=C/C=C(/N=N\c1cc(OC)c(OC)c(OC)c1)C1=C(N(C)CC(C)CNC(=O)C[C@@H]2N=C(c3ccc(Cl)cc3)c3c(sc(C)c3C)-n3c(C)nnc32)C(=O)N(C2CCC(=O)NC2=O)C1. The minimum absolute atomic E-state index is 0.00606. The van der Waals surface area contributed by atoms with Gasteiger partial charge in [0.15, 0.2) is 17.3 Å². The Morgan fingerprint density at radius 1 is 1.09 bits per heavy atom. The van der Waals surface area contributed by atoms with Crippen molar-refractivity contribution < 1.29 is 33.4 Å². The molecular weight excluding hydrogens is 872 g/mol. The maximum absolute atomic E-state index is 14.4. The number of ether oxygens (including phenoxy) is 3. The molecule has 2 unspecified atom stereocenters. The molecule has 2 aromatic heterocycles. The van der Waals surface area contributed by atoms with Crippen molar-refractivity contribution in [2.24, 2.45) is 21.1 Å². The predicted octanol–water partition coefficient (Wildman–Crippen LogP) is 6.65. The predicted molar refractivity (Wildman–Crippen MR) is 247 cm³/mol. The number of amides is 4. The number of carbonyl (C=O) groups is 4. The lowest BCUT2D eigenvalue weighted by molar-refractivity contribution is -0.143. The number of halogens is 1. The molecule has 2 aromatic carbocycles. The topological polar surface area (TPSA) is 194 Å². The number of hydrogen-bond acceptors (Lipinski definition) is 14. The summed E-state index contributed by atoms with van der Waals surface area (Å²) in [7, 11) is 6.26. The van der Waals surface area contributed by atoms with Gasteiger partial charge in [0.25, 0.3) is 5.91 Å².